The molecule has 0 aliphatic rings. The van der Waals surface area contributed by atoms with E-state index in [9.17, 15) is 14.7 Å². The molecule has 0 atom stereocenters. The predicted molar refractivity (Wildman–Crippen MR) is 102 cm³/mol. The number of aliphatic carboxylic acids is 1. The highest BCUT2D eigenvalue weighted by atomic mass is 35.5. The van der Waals surface area contributed by atoms with E-state index >= 15 is 0 Å². The minimum absolute atomic E-state index is 0.0768. The first-order valence-electron chi connectivity index (χ1n) is 8.57. The second-order valence-corrected chi connectivity index (χ2v) is 6.52. The van der Waals surface area contributed by atoms with Crippen LogP contribution >= 0.6 is 11.6 Å². The molecule has 0 aliphatic carbocycles. The molecule has 0 spiro atoms. The molecule has 0 saturated carbocycles. The number of hydrogen-bond acceptors (Lipinski definition) is 3. The highest BCUT2D eigenvalue weighted by Gasteiger charge is 2.13. The maximum Gasteiger partial charge on any atom is 0.303 e. The van der Waals surface area contributed by atoms with E-state index in [0.29, 0.717) is 17.1 Å². The highest BCUT2D eigenvalue weighted by molar-refractivity contribution is 6.31. The number of carboxylic acids is 1. The zero-order valence-electron chi connectivity index (χ0n) is 14.4. The zero-order chi connectivity index (χ0) is 18.9. The van der Waals surface area contributed by atoms with E-state index in [1.807, 2.05) is 6.07 Å². The Labute approximate surface area is 157 Å². The van der Waals surface area contributed by atoms with Gasteiger partial charge < -0.3 is 15.5 Å². The van der Waals surface area contributed by atoms with Crippen molar-refractivity contribution < 1.29 is 19.8 Å². The average molecular weight is 376 g/mol. The Balaban J connectivity index is 1.97. The van der Waals surface area contributed by atoms with Crippen LogP contribution in [0.2, 0.25) is 5.02 Å². The summed E-state index contributed by atoms with van der Waals surface area (Å²) in [6.45, 7) is 0. The first-order valence-corrected chi connectivity index (χ1v) is 8.94. The summed E-state index contributed by atoms with van der Waals surface area (Å²) in [5.41, 5.74) is 1.78. The number of amides is 1. The van der Waals surface area contributed by atoms with E-state index in [1.165, 1.54) is 6.07 Å². The third kappa shape index (κ3) is 6.08. The number of carbonyl (C=O) groups excluding carboxylic acids is 1. The lowest BCUT2D eigenvalue weighted by molar-refractivity contribution is -0.137. The molecule has 138 valence electrons. The van der Waals surface area contributed by atoms with Crippen molar-refractivity contribution in [1.82, 2.24) is 0 Å². The third-order valence-electron chi connectivity index (χ3n) is 4.06. The van der Waals surface area contributed by atoms with Crippen LogP contribution in [0.15, 0.2) is 42.5 Å². The van der Waals surface area contributed by atoms with Crippen LogP contribution in [0.25, 0.3) is 0 Å². The summed E-state index contributed by atoms with van der Waals surface area (Å²) in [7, 11) is 0. The van der Waals surface area contributed by atoms with Crippen LogP contribution in [0, 0.1) is 0 Å². The fourth-order valence-corrected chi connectivity index (χ4v) is 2.86. The summed E-state index contributed by atoms with van der Waals surface area (Å²) in [6.07, 6.45) is 4.29. The number of benzene rings is 2. The van der Waals surface area contributed by atoms with Crippen molar-refractivity contribution in [2.45, 2.75) is 38.5 Å². The smallest absolute Gasteiger partial charge is 0.303 e. The van der Waals surface area contributed by atoms with Crippen LogP contribution in [0.5, 0.6) is 5.75 Å². The molecule has 3 N–H and O–H groups in total. The number of rotatable bonds is 9. The molecule has 0 radical (unpaired) electrons. The first-order chi connectivity index (χ1) is 12.5. The molecule has 0 aliphatic heterocycles. The number of para-hydroxylation sites is 1. The molecule has 0 aromatic heterocycles. The second kappa shape index (κ2) is 9.82. The largest absolute Gasteiger partial charge is 0.507 e. The number of aryl methyl sites for hydroxylation is 1. The van der Waals surface area contributed by atoms with Crippen molar-refractivity contribution >= 4 is 29.2 Å². The van der Waals surface area contributed by atoms with Crippen molar-refractivity contribution in [3.8, 4) is 5.75 Å². The Kier molecular flexibility index (Phi) is 7.48. The minimum Gasteiger partial charge on any atom is -0.507 e. The Morgan fingerprint density at radius 3 is 2.46 bits per heavy atom. The number of phenolic OH excluding ortho intramolecular Hbond substituents is 1. The van der Waals surface area contributed by atoms with Gasteiger partial charge in [-0.3, -0.25) is 9.59 Å². The van der Waals surface area contributed by atoms with Gasteiger partial charge in [0, 0.05) is 17.1 Å². The van der Waals surface area contributed by atoms with Crippen LogP contribution in [-0.2, 0) is 11.2 Å². The summed E-state index contributed by atoms with van der Waals surface area (Å²) >= 11 is 6.05. The Morgan fingerprint density at radius 1 is 1.00 bits per heavy atom. The van der Waals surface area contributed by atoms with Gasteiger partial charge in [-0.25, -0.2) is 0 Å². The molecule has 0 saturated heterocycles. The monoisotopic (exact) mass is 375 g/mol. The van der Waals surface area contributed by atoms with Crippen molar-refractivity contribution in [2.75, 3.05) is 5.32 Å². The third-order valence-corrected chi connectivity index (χ3v) is 4.29. The SMILES string of the molecule is O=C(O)CCCCCCc1ccc(Cl)cc1NC(=O)c1ccccc1O. The molecule has 1 amide bonds. The van der Waals surface area contributed by atoms with Crippen LogP contribution in [0.4, 0.5) is 5.69 Å². The molecule has 6 heteroatoms. The Hall–Kier alpha value is -2.53. The fraction of sp³-hybridized carbons (Fsp3) is 0.300. The number of hydrogen-bond donors (Lipinski definition) is 3. The van der Waals surface area contributed by atoms with Gasteiger partial charge in [-0.15, -0.1) is 0 Å². The number of carboxylic acid groups (broad SMARTS) is 1. The average Bonchev–Trinajstić information content (AvgIpc) is 2.59. The zero-order valence-corrected chi connectivity index (χ0v) is 15.1. The lowest BCUT2D eigenvalue weighted by Gasteiger charge is -2.12. The van der Waals surface area contributed by atoms with Crippen LogP contribution in [-0.4, -0.2) is 22.1 Å². The van der Waals surface area contributed by atoms with Crippen molar-refractivity contribution in [1.29, 1.82) is 0 Å². The van der Waals surface area contributed by atoms with Crippen LogP contribution in [0.1, 0.15) is 48.0 Å². The van der Waals surface area contributed by atoms with Crippen molar-refractivity contribution in [2.24, 2.45) is 0 Å². The van der Waals surface area contributed by atoms with Gasteiger partial charge in [0.15, 0.2) is 0 Å². The van der Waals surface area contributed by atoms with E-state index in [4.69, 9.17) is 16.7 Å². The van der Waals surface area contributed by atoms with Gasteiger partial charge in [0.25, 0.3) is 5.91 Å². The lowest BCUT2D eigenvalue weighted by Crippen LogP contribution is -2.13. The minimum atomic E-state index is -0.767. The van der Waals surface area contributed by atoms with Gasteiger partial charge in [0.05, 0.1) is 5.56 Å². The molecule has 0 heterocycles. The molecule has 2 aromatic rings. The molecule has 2 rings (SSSR count). The summed E-state index contributed by atoms with van der Waals surface area (Å²) < 4.78 is 0. The Bertz CT molecular complexity index is 776. The topological polar surface area (TPSA) is 86.6 Å². The van der Waals surface area contributed by atoms with Crippen molar-refractivity contribution in [3.63, 3.8) is 0 Å². The maximum atomic E-state index is 12.4. The number of nitrogens with one attached hydrogen (secondary N) is 1. The number of phenols is 1. The van der Waals surface area contributed by atoms with E-state index < -0.39 is 11.9 Å². The Morgan fingerprint density at radius 2 is 1.73 bits per heavy atom. The van der Waals surface area contributed by atoms with E-state index in [2.05, 4.69) is 5.32 Å². The van der Waals surface area contributed by atoms with E-state index in [-0.39, 0.29) is 17.7 Å². The summed E-state index contributed by atoms with van der Waals surface area (Å²) in [4.78, 5) is 22.9. The molecule has 26 heavy (non-hydrogen) atoms. The van der Waals surface area contributed by atoms with Gasteiger partial charge in [0.1, 0.15) is 5.75 Å². The highest BCUT2D eigenvalue weighted by Crippen LogP contribution is 2.25. The number of halogens is 1. The van der Waals surface area contributed by atoms with E-state index in [0.717, 1.165) is 31.2 Å². The van der Waals surface area contributed by atoms with Gasteiger partial charge in [-0.2, -0.15) is 0 Å². The number of unbranched alkanes of at least 4 members (excludes halogenated alkanes) is 3. The maximum absolute atomic E-state index is 12.4. The molecule has 0 fully saturated rings. The van der Waals surface area contributed by atoms with Gasteiger partial charge in [-0.05, 0) is 49.1 Å². The molecular weight excluding hydrogens is 354 g/mol. The molecule has 2 aromatic carbocycles. The quantitative estimate of drug-likeness (QED) is 0.545. The van der Waals surface area contributed by atoms with Gasteiger partial charge in [-0.1, -0.05) is 42.6 Å². The fourth-order valence-electron chi connectivity index (χ4n) is 2.68. The number of aromatic hydroxyl groups is 1. The second-order valence-electron chi connectivity index (χ2n) is 6.08. The van der Waals surface area contributed by atoms with E-state index in [1.54, 1.807) is 30.3 Å². The summed E-state index contributed by atoms with van der Waals surface area (Å²) in [5, 5.41) is 21.8. The normalized spacial score (nSPS) is 10.5. The molecule has 5 nitrogen and oxygen atoms in total. The lowest BCUT2D eigenvalue weighted by atomic mass is 10.0. The first kappa shape index (κ1) is 19.8. The molecular formula is C20H22ClNO4. The predicted octanol–water partition coefficient (Wildman–Crippen LogP) is 4.88. The van der Waals surface area contributed by atoms with Crippen molar-refractivity contribution in [3.05, 3.63) is 58.6 Å². The molecule has 0 unspecified atom stereocenters. The number of carbonyl (C=O) groups is 2. The summed E-state index contributed by atoms with van der Waals surface area (Å²) in [5.74, 6) is -1.24. The van der Waals surface area contributed by atoms with Gasteiger partial charge in [0.2, 0.25) is 0 Å². The molecule has 0 bridgehead atoms. The van der Waals surface area contributed by atoms with Crippen LogP contribution in [0.3, 0.4) is 0 Å². The van der Waals surface area contributed by atoms with Gasteiger partial charge >= 0.3 is 5.97 Å². The van der Waals surface area contributed by atoms with Crippen LogP contribution < -0.4 is 5.32 Å². The number of anilines is 1. The standard InChI is InChI=1S/C20H22ClNO4/c21-15-12-11-14(7-3-1-2-4-10-19(24)25)17(13-15)22-20(26)16-8-5-6-9-18(16)23/h5-6,8-9,11-13,23H,1-4,7,10H2,(H,22,26)(H,24,25). The summed E-state index contributed by atoms with van der Waals surface area (Å²) in [6, 6.07) is 11.7.